The van der Waals surface area contributed by atoms with Gasteiger partial charge in [-0.2, -0.15) is 0 Å². The van der Waals surface area contributed by atoms with Crippen molar-refractivity contribution in [3.8, 4) is 0 Å². The number of aliphatic hydroxyl groups excluding tert-OH is 1. The van der Waals surface area contributed by atoms with Crippen LogP contribution in [0.25, 0.3) is 0 Å². The van der Waals surface area contributed by atoms with Gasteiger partial charge in [-0.05, 0) is 18.6 Å². The van der Waals surface area contributed by atoms with Gasteiger partial charge < -0.3 is 15.1 Å². The third kappa shape index (κ3) is 2.22. The number of hydrogen-bond donors (Lipinski definition) is 2. The van der Waals surface area contributed by atoms with E-state index < -0.39 is 18.1 Å². The molecule has 1 amide bonds. The first-order chi connectivity index (χ1) is 8.50. The van der Waals surface area contributed by atoms with Gasteiger partial charge in [0, 0.05) is 18.5 Å². The molecular weight excluding hydrogens is 234 g/mol. The van der Waals surface area contributed by atoms with Gasteiger partial charge in [-0.25, -0.2) is 4.79 Å². The van der Waals surface area contributed by atoms with Crippen molar-refractivity contribution in [2.75, 3.05) is 6.54 Å². The van der Waals surface area contributed by atoms with Gasteiger partial charge in [0.05, 0.1) is 6.10 Å². The van der Waals surface area contributed by atoms with Crippen molar-refractivity contribution in [1.82, 2.24) is 4.90 Å². The van der Waals surface area contributed by atoms with Gasteiger partial charge in [0.15, 0.2) is 0 Å². The van der Waals surface area contributed by atoms with Crippen molar-refractivity contribution in [2.45, 2.75) is 25.5 Å². The highest BCUT2D eigenvalue weighted by Gasteiger charge is 2.39. The van der Waals surface area contributed by atoms with Crippen LogP contribution >= 0.6 is 0 Å². The molecule has 2 atom stereocenters. The second-order valence-electron chi connectivity index (χ2n) is 4.52. The van der Waals surface area contributed by atoms with Crippen LogP contribution in [-0.2, 0) is 4.79 Å². The summed E-state index contributed by atoms with van der Waals surface area (Å²) in [5.41, 5.74) is 1.28. The fourth-order valence-corrected chi connectivity index (χ4v) is 2.24. The summed E-state index contributed by atoms with van der Waals surface area (Å²) in [4.78, 5) is 24.6. The Balaban J connectivity index is 2.28. The molecule has 18 heavy (non-hydrogen) atoms. The number of aliphatic hydroxyl groups is 1. The molecule has 96 valence electrons. The predicted octanol–water partition coefficient (Wildman–Crippen LogP) is 0.655. The molecule has 1 aliphatic rings. The first-order valence-electron chi connectivity index (χ1n) is 5.78. The summed E-state index contributed by atoms with van der Waals surface area (Å²) >= 11 is 0. The lowest BCUT2D eigenvalue weighted by Gasteiger charge is -2.21. The highest BCUT2D eigenvalue weighted by atomic mass is 16.4. The number of nitrogens with zero attached hydrogens (tertiary/aromatic N) is 1. The molecule has 1 aliphatic heterocycles. The smallest absolute Gasteiger partial charge is 0.326 e. The van der Waals surface area contributed by atoms with Crippen LogP contribution in [0.3, 0.4) is 0 Å². The lowest BCUT2D eigenvalue weighted by molar-refractivity contribution is -0.141. The van der Waals surface area contributed by atoms with Gasteiger partial charge in [0.2, 0.25) is 0 Å². The minimum absolute atomic E-state index is 0.0735. The second kappa shape index (κ2) is 4.78. The van der Waals surface area contributed by atoms with E-state index in [2.05, 4.69) is 0 Å². The molecule has 5 heteroatoms. The number of likely N-dealkylation sites (tertiary alicyclic amines) is 1. The van der Waals surface area contributed by atoms with Crippen molar-refractivity contribution in [1.29, 1.82) is 0 Å². The van der Waals surface area contributed by atoms with E-state index in [-0.39, 0.29) is 18.9 Å². The van der Waals surface area contributed by atoms with E-state index in [1.165, 1.54) is 4.90 Å². The third-order valence-electron chi connectivity index (χ3n) is 3.20. The standard InChI is InChI=1S/C13H15NO4/c1-8-4-2-3-5-10(8)12(16)14-7-9(15)6-11(14)13(17)18/h2-5,9,11,15H,6-7H2,1H3,(H,17,18)/t9-,11-/m0/s1. The van der Waals surface area contributed by atoms with Crippen LogP contribution in [-0.4, -0.2) is 45.7 Å². The Labute approximate surface area is 105 Å². The van der Waals surface area contributed by atoms with Crippen molar-refractivity contribution >= 4 is 11.9 Å². The Bertz CT molecular complexity index is 486. The minimum atomic E-state index is -1.08. The molecule has 0 aliphatic carbocycles. The van der Waals surface area contributed by atoms with Crippen LogP contribution in [0.4, 0.5) is 0 Å². The first-order valence-corrected chi connectivity index (χ1v) is 5.78. The molecule has 2 rings (SSSR count). The van der Waals surface area contributed by atoms with Crippen molar-refractivity contribution < 1.29 is 19.8 Å². The highest BCUT2D eigenvalue weighted by Crippen LogP contribution is 2.22. The van der Waals surface area contributed by atoms with Crippen LogP contribution < -0.4 is 0 Å². The highest BCUT2D eigenvalue weighted by molar-refractivity contribution is 5.98. The van der Waals surface area contributed by atoms with E-state index in [0.29, 0.717) is 5.56 Å². The fourth-order valence-electron chi connectivity index (χ4n) is 2.24. The van der Waals surface area contributed by atoms with E-state index in [9.17, 15) is 14.7 Å². The predicted molar refractivity (Wildman–Crippen MR) is 64.3 cm³/mol. The van der Waals surface area contributed by atoms with Crippen LogP contribution in [0.15, 0.2) is 24.3 Å². The number of benzene rings is 1. The monoisotopic (exact) mass is 249 g/mol. The molecule has 1 aromatic carbocycles. The van der Waals surface area contributed by atoms with Gasteiger partial charge in [0.1, 0.15) is 6.04 Å². The van der Waals surface area contributed by atoms with Crippen molar-refractivity contribution in [2.24, 2.45) is 0 Å². The zero-order valence-electron chi connectivity index (χ0n) is 10.0. The van der Waals surface area contributed by atoms with E-state index in [4.69, 9.17) is 5.11 Å². The van der Waals surface area contributed by atoms with E-state index >= 15 is 0 Å². The SMILES string of the molecule is Cc1ccccc1C(=O)N1C[C@@H](O)C[C@H]1C(=O)O. The summed E-state index contributed by atoms with van der Waals surface area (Å²) < 4.78 is 0. The Morgan fingerprint density at radius 3 is 2.61 bits per heavy atom. The molecule has 0 bridgehead atoms. The maximum absolute atomic E-state index is 12.3. The number of carbonyl (C=O) groups excluding carboxylic acids is 1. The summed E-state index contributed by atoms with van der Waals surface area (Å²) in [6.07, 6.45) is -0.675. The Morgan fingerprint density at radius 1 is 1.33 bits per heavy atom. The number of aliphatic carboxylic acids is 1. The van der Waals surface area contributed by atoms with E-state index in [0.717, 1.165) is 5.56 Å². The molecule has 0 saturated carbocycles. The number of hydrogen-bond acceptors (Lipinski definition) is 3. The van der Waals surface area contributed by atoms with Gasteiger partial charge in [-0.1, -0.05) is 18.2 Å². The molecule has 1 aromatic rings. The molecule has 5 nitrogen and oxygen atoms in total. The third-order valence-corrected chi connectivity index (χ3v) is 3.20. The number of aryl methyl sites for hydroxylation is 1. The fraction of sp³-hybridized carbons (Fsp3) is 0.385. The molecule has 1 heterocycles. The van der Waals surface area contributed by atoms with Gasteiger partial charge >= 0.3 is 5.97 Å². The Morgan fingerprint density at radius 2 is 2.00 bits per heavy atom. The Kier molecular flexibility index (Phi) is 3.34. The molecule has 0 unspecified atom stereocenters. The molecular formula is C13H15NO4. The molecule has 1 saturated heterocycles. The lowest BCUT2D eigenvalue weighted by Crippen LogP contribution is -2.40. The number of β-amino-alcohol motifs (C(OH)–C–C–N with tert-alkyl or cyclic N) is 1. The van der Waals surface area contributed by atoms with Gasteiger partial charge in [-0.15, -0.1) is 0 Å². The minimum Gasteiger partial charge on any atom is -0.480 e. The summed E-state index contributed by atoms with van der Waals surface area (Å²) in [5, 5.41) is 18.6. The normalized spacial score (nSPS) is 23.1. The zero-order valence-corrected chi connectivity index (χ0v) is 10.0. The van der Waals surface area contributed by atoms with Crippen LogP contribution in [0.1, 0.15) is 22.3 Å². The molecule has 2 N–H and O–H groups in total. The maximum atomic E-state index is 12.3. The van der Waals surface area contributed by atoms with E-state index in [1.807, 2.05) is 6.07 Å². The van der Waals surface area contributed by atoms with Gasteiger partial charge in [0.25, 0.3) is 5.91 Å². The largest absolute Gasteiger partial charge is 0.480 e. The summed E-state index contributed by atoms with van der Waals surface area (Å²) in [7, 11) is 0. The summed E-state index contributed by atoms with van der Waals surface area (Å²) in [6.45, 7) is 1.87. The molecule has 0 aromatic heterocycles. The average molecular weight is 249 g/mol. The lowest BCUT2D eigenvalue weighted by atomic mass is 10.1. The molecule has 1 fully saturated rings. The van der Waals surface area contributed by atoms with E-state index in [1.54, 1.807) is 25.1 Å². The van der Waals surface area contributed by atoms with Crippen LogP contribution in [0.5, 0.6) is 0 Å². The van der Waals surface area contributed by atoms with Crippen molar-refractivity contribution in [3.63, 3.8) is 0 Å². The average Bonchev–Trinajstić information content (AvgIpc) is 2.71. The number of carboxylic acids is 1. The van der Waals surface area contributed by atoms with Crippen LogP contribution in [0, 0.1) is 6.92 Å². The zero-order chi connectivity index (χ0) is 13.3. The number of rotatable bonds is 2. The number of amides is 1. The summed E-state index contributed by atoms with van der Waals surface area (Å²) in [5.74, 6) is -1.41. The first kappa shape index (κ1) is 12.6. The maximum Gasteiger partial charge on any atom is 0.326 e. The molecule has 0 radical (unpaired) electrons. The van der Waals surface area contributed by atoms with Crippen molar-refractivity contribution in [3.05, 3.63) is 35.4 Å². The van der Waals surface area contributed by atoms with Crippen LogP contribution in [0.2, 0.25) is 0 Å². The second-order valence-corrected chi connectivity index (χ2v) is 4.52. The quantitative estimate of drug-likeness (QED) is 0.807. The number of carboxylic acid groups (broad SMARTS) is 1. The van der Waals surface area contributed by atoms with Gasteiger partial charge in [-0.3, -0.25) is 4.79 Å². The summed E-state index contributed by atoms with van der Waals surface area (Å²) in [6, 6.07) is 6.09. The number of carbonyl (C=O) groups is 2. The molecule has 0 spiro atoms. The topological polar surface area (TPSA) is 77.8 Å². The Hall–Kier alpha value is -1.88.